The predicted molar refractivity (Wildman–Crippen MR) is 276 cm³/mol. The Labute approximate surface area is 392 Å². The molecule has 3 aliphatic heterocycles. The van der Waals surface area contributed by atoms with E-state index >= 15 is 0 Å². The van der Waals surface area contributed by atoms with Gasteiger partial charge in [-0.1, -0.05) is 132 Å². The smallest absolute Gasteiger partial charge is 0.0554 e. The summed E-state index contributed by atoms with van der Waals surface area (Å²) in [6.07, 6.45) is 33.6. The van der Waals surface area contributed by atoms with E-state index in [1.165, 1.54) is 224 Å². The highest BCUT2D eigenvalue weighted by Gasteiger charge is 2.43. The number of rotatable bonds is 6. The molecule has 6 heteroatoms. The minimum Gasteiger partial charge on any atom is -0.293 e. The molecule has 6 fully saturated rings. The zero-order valence-corrected chi connectivity index (χ0v) is 40.9. The Morgan fingerprint density at radius 2 is 0.524 bits per heavy atom. The number of likely N-dealkylation sites (tertiary alicyclic amines) is 3. The first-order valence-corrected chi connectivity index (χ1v) is 28.3. The van der Waals surface area contributed by atoms with Crippen molar-refractivity contribution in [1.82, 2.24) is 14.7 Å². The van der Waals surface area contributed by atoms with Gasteiger partial charge in [-0.25, -0.2) is 0 Å². The molecule has 0 amide bonds. The van der Waals surface area contributed by atoms with Crippen molar-refractivity contribution >= 4 is 64.3 Å². The summed E-state index contributed by atoms with van der Waals surface area (Å²) in [5, 5.41) is 4.33. The molecule has 3 aliphatic carbocycles. The lowest BCUT2D eigenvalue weighted by atomic mass is 9.78. The van der Waals surface area contributed by atoms with E-state index < -0.39 is 0 Å². The van der Waals surface area contributed by atoms with Crippen LogP contribution in [0.1, 0.15) is 169 Å². The van der Waals surface area contributed by atoms with Gasteiger partial charge in [-0.2, -0.15) is 0 Å². The fourth-order valence-corrected chi connectivity index (χ4v) is 17.2. The fraction of sp³-hybridized carbons (Fsp3) is 0.579. The summed E-state index contributed by atoms with van der Waals surface area (Å²) >= 11 is 6.16. The van der Waals surface area contributed by atoms with Gasteiger partial charge in [0.2, 0.25) is 0 Å². The lowest BCUT2D eigenvalue weighted by molar-refractivity contribution is 0.0332. The molecule has 3 nitrogen and oxygen atoms in total. The first-order chi connectivity index (χ1) is 31.2. The standard InChI is InChI=1S/3C19H25NS/c3*1-5-11-19(12-6-1,20-13-7-2-8-14-20)18-15-16-9-3-4-10-17(16)21-18/h3*3-4,9-10,15H,1-2,5-8,11-14H2. The number of nitrogens with zero attached hydrogens (tertiary/aromatic N) is 3. The molecule has 0 spiro atoms. The molecule has 3 aromatic heterocycles. The lowest BCUT2D eigenvalue weighted by Gasteiger charge is -2.48. The summed E-state index contributed by atoms with van der Waals surface area (Å²) in [5.41, 5.74) is 1.09. The van der Waals surface area contributed by atoms with Crippen molar-refractivity contribution in [3.63, 3.8) is 0 Å². The maximum absolute atomic E-state index is 2.85. The van der Waals surface area contributed by atoms with Crippen LogP contribution in [0.4, 0.5) is 0 Å². The second-order valence-electron chi connectivity index (χ2n) is 20.4. The van der Waals surface area contributed by atoms with E-state index in [-0.39, 0.29) is 0 Å². The number of benzene rings is 3. The maximum atomic E-state index is 2.85. The lowest BCUT2D eigenvalue weighted by Crippen LogP contribution is -2.49. The third-order valence-corrected chi connectivity index (χ3v) is 20.5. The van der Waals surface area contributed by atoms with Crippen LogP contribution in [0, 0.1) is 0 Å². The van der Waals surface area contributed by atoms with Gasteiger partial charge >= 0.3 is 0 Å². The highest BCUT2D eigenvalue weighted by molar-refractivity contribution is 7.19. The number of fused-ring (bicyclic) bond motifs is 3. The van der Waals surface area contributed by atoms with Crippen molar-refractivity contribution in [3.8, 4) is 0 Å². The summed E-state index contributed by atoms with van der Waals surface area (Å²) in [5.74, 6) is 0. The third kappa shape index (κ3) is 9.39. The van der Waals surface area contributed by atoms with Crippen LogP contribution < -0.4 is 0 Å². The van der Waals surface area contributed by atoms with Crippen LogP contribution in [-0.4, -0.2) is 54.0 Å². The third-order valence-electron chi connectivity index (χ3n) is 16.6. The Morgan fingerprint density at radius 1 is 0.286 bits per heavy atom. The Hall–Kier alpha value is -2.58. The van der Waals surface area contributed by atoms with Gasteiger partial charge in [-0.05, 0) is 169 Å². The molecule has 6 heterocycles. The molecule has 3 aromatic carbocycles. The molecule has 3 saturated heterocycles. The van der Waals surface area contributed by atoms with Crippen LogP contribution >= 0.6 is 34.0 Å². The Morgan fingerprint density at radius 3 is 0.778 bits per heavy atom. The Kier molecular flexibility index (Phi) is 14.4. The molecule has 63 heavy (non-hydrogen) atoms. The number of piperidine rings is 3. The van der Waals surface area contributed by atoms with Gasteiger partial charge in [0.15, 0.2) is 0 Å². The second-order valence-corrected chi connectivity index (χ2v) is 23.6. The van der Waals surface area contributed by atoms with E-state index in [0.29, 0.717) is 16.6 Å². The second kappa shape index (κ2) is 20.5. The van der Waals surface area contributed by atoms with Gasteiger partial charge in [-0.15, -0.1) is 34.0 Å². The van der Waals surface area contributed by atoms with Gasteiger partial charge in [0.25, 0.3) is 0 Å². The highest BCUT2D eigenvalue weighted by atomic mass is 32.1. The maximum Gasteiger partial charge on any atom is 0.0554 e. The van der Waals surface area contributed by atoms with E-state index in [9.17, 15) is 0 Å². The Balaban J connectivity index is 0.000000112. The summed E-state index contributed by atoms with van der Waals surface area (Å²) in [6, 6.07) is 34.3. The molecule has 336 valence electrons. The molecule has 6 aliphatic rings. The predicted octanol–water partition coefficient (Wildman–Crippen LogP) is 16.6. The normalized spacial score (nSPS) is 23.4. The van der Waals surface area contributed by atoms with Crippen molar-refractivity contribution in [2.75, 3.05) is 39.3 Å². The molecular weight excluding hydrogens is 823 g/mol. The van der Waals surface area contributed by atoms with Crippen molar-refractivity contribution in [3.05, 3.63) is 106 Å². The minimum atomic E-state index is 0.363. The average molecular weight is 898 g/mol. The van der Waals surface area contributed by atoms with E-state index in [1.807, 2.05) is 0 Å². The summed E-state index contributed by atoms with van der Waals surface area (Å²) in [4.78, 5) is 13.5. The van der Waals surface area contributed by atoms with Crippen molar-refractivity contribution in [2.24, 2.45) is 0 Å². The molecule has 0 bridgehead atoms. The van der Waals surface area contributed by atoms with Crippen LogP contribution in [0.5, 0.6) is 0 Å². The zero-order chi connectivity index (χ0) is 42.4. The van der Waals surface area contributed by atoms with Crippen LogP contribution in [-0.2, 0) is 16.6 Å². The molecule has 3 saturated carbocycles. The van der Waals surface area contributed by atoms with Crippen LogP contribution in [0.2, 0.25) is 0 Å². The van der Waals surface area contributed by atoms with E-state index in [2.05, 4.69) is 140 Å². The molecular formula is C57H75N3S3. The number of hydrogen-bond acceptors (Lipinski definition) is 6. The molecule has 0 atom stereocenters. The fourth-order valence-electron chi connectivity index (χ4n) is 13.2. The van der Waals surface area contributed by atoms with E-state index in [4.69, 9.17) is 0 Å². The van der Waals surface area contributed by atoms with Crippen molar-refractivity contribution in [2.45, 2.75) is 171 Å². The van der Waals surface area contributed by atoms with Gasteiger partial charge in [0.05, 0.1) is 16.6 Å². The SMILES string of the molecule is c1ccc2sc(C3(N4CCCCC4)CCCCC3)cc2c1.c1ccc2sc(C3(N4CCCCC4)CCCCC3)cc2c1.c1ccc2sc(C3(N4CCCCC4)CCCCC3)cc2c1. The molecule has 0 unspecified atom stereocenters. The highest BCUT2D eigenvalue weighted by Crippen LogP contribution is 2.50. The van der Waals surface area contributed by atoms with Crippen LogP contribution in [0.3, 0.4) is 0 Å². The summed E-state index contributed by atoms with van der Waals surface area (Å²) < 4.78 is 4.40. The van der Waals surface area contributed by atoms with Crippen LogP contribution in [0.15, 0.2) is 91.0 Å². The zero-order valence-electron chi connectivity index (χ0n) is 38.4. The summed E-state index contributed by atoms with van der Waals surface area (Å²) in [6.45, 7) is 7.88. The first kappa shape index (κ1) is 44.3. The molecule has 0 N–H and O–H groups in total. The largest absolute Gasteiger partial charge is 0.293 e. The van der Waals surface area contributed by atoms with Crippen molar-refractivity contribution in [1.29, 1.82) is 0 Å². The average Bonchev–Trinajstić information content (AvgIpc) is 4.14. The summed E-state index contributed by atoms with van der Waals surface area (Å²) in [7, 11) is 0. The minimum absolute atomic E-state index is 0.363. The number of thiophene rings is 3. The van der Waals surface area contributed by atoms with Gasteiger partial charge in [0.1, 0.15) is 0 Å². The monoisotopic (exact) mass is 898 g/mol. The van der Waals surface area contributed by atoms with Gasteiger partial charge < -0.3 is 0 Å². The molecule has 6 aromatic rings. The van der Waals surface area contributed by atoms with E-state index in [0.717, 1.165) is 0 Å². The van der Waals surface area contributed by atoms with E-state index in [1.54, 1.807) is 14.6 Å². The number of hydrogen-bond donors (Lipinski definition) is 0. The topological polar surface area (TPSA) is 9.72 Å². The molecule has 0 radical (unpaired) electrons. The van der Waals surface area contributed by atoms with Crippen LogP contribution in [0.25, 0.3) is 30.3 Å². The quantitative estimate of drug-likeness (QED) is 0.165. The Bertz CT molecular complexity index is 1970. The molecule has 12 rings (SSSR count). The van der Waals surface area contributed by atoms with Gasteiger partial charge in [-0.3, -0.25) is 14.7 Å². The van der Waals surface area contributed by atoms with Gasteiger partial charge in [0, 0.05) is 28.7 Å². The first-order valence-electron chi connectivity index (χ1n) is 25.9. The van der Waals surface area contributed by atoms with Crippen molar-refractivity contribution < 1.29 is 0 Å².